The number of amides is 3. The van der Waals surface area contributed by atoms with E-state index in [9.17, 15) is 14.4 Å². The highest BCUT2D eigenvalue weighted by Gasteiger charge is 2.16. The summed E-state index contributed by atoms with van der Waals surface area (Å²) in [5, 5.41) is 7.46. The lowest BCUT2D eigenvalue weighted by molar-refractivity contribution is -0.122. The molecule has 0 saturated heterocycles. The number of halogens is 1. The maximum Gasteiger partial charge on any atom is 0.408 e. The van der Waals surface area contributed by atoms with E-state index in [1.807, 2.05) is 0 Å². The van der Waals surface area contributed by atoms with E-state index in [0.29, 0.717) is 6.54 Å². The summed E-state index contributed by atoms with van der Waals surface area (Å²) >= 11 is 5.39. The lowest BCUT2D eigenvalue weighted by atomic mass is 10.2. The first-order chi connectivity index (χ1) is 9.24. The highest BCUT2D eigenvalue weighted by Crippen LogP contribution is 2.05. The summed E-state index contributed by atoms with van der Waals surface area (Å²) in [6.07, 6.45) is -0.404. The van der Waals surface area contributed by atoms with Crippen molar-refractivity contribution >= 4 is 29.5 Å². The van der Waals surface area contributed by atoms with Crippen molar-refractivity contribution in [2.75, 3.05) is 25.5 Å². The van der Waals surface area contributed by atoms with Gasteiger partial charge < -0.3 is 20.7 Å². The van der Waals surface area contributed by atoms with E-state index in [4.69, 9.17) is 16.3 Å². The molecule has 3 amide bonds. The van der Waals surface area contributed by atoms with Crippen LogP contribution in [0, 0.1) is 0 Å². The van der Waals surface area contributed by atoms with Crippen LogP contribution in [0.3, 0.4) is 0 Å². The van der Waals surface area contributed by atoms with Crippen LogP contribution in [0.4, 0.5) is 4.79 Å². The van der Waals surface area contributed by atoms with Crippen molar-refractivity contribution in [1.29, 1.82) is 0 Å². The Morgan fingerprint density at radius 1 is 1.00 bits per heavy atom. The first kappa shape index (κ1) is 18.5. The largest absolute Gasteiger partial charge is 0.444 e. The molecule has 0 aliphatic heterocycles. The number of hydrogen-bond donors (Lipinski definition) is 3. The SMILES string of the molecule is CC(C)(C)OC(=O)NCC(=O)NCCNC(=O)CCCl. The molecule has 0 spiro atoms. The van der Waals surface area contributed by atoms with Crippen molar-refractivity contribution < 1.29 is 19.1 Å². The van der Waals surface area contributed by atoms with E-state index in [0.717, 1.165) is 0 Å². The molecule has 0 atom stereocenters. The van der Waals surface area contributed by atoms with Crippen LogP contribution in [-0.2, 0) is 14.3 Å². The average molecular weight is 308 g/mol. The third-order valence-corrected chi connectivity index (χ3v) is 2.07. The predicted octanol–water partition coefficient (Wildman–Crippen LogP) is 0.372. The van der Waals surface area contributed by atoms with Crippen LogP contribution in [0.2, 0.25) is 0 Å². The molecule has 0 aromatic carbocycles. The highest BCUT2D eigenvalue weighted by atomic mass is 35.5. The number of rotatable bonds is 7. The Morgan fingerprint density at radius 3 is 2.05 bits per heavy atom. The van der Waals surface area contributed by atoms with Gasteiger partial charge in [-0.3, -0.25) is 9.59 Å². The second-order valence-electron chi connectivity index (χ2n) is 4.99. The molecule has 0 radical (unpaired) electrons. The predicted molar refractivity (Wildman–Crippen MR) is 75.6 cm³/mol. The Balaban J connectivity index is 3.64. The molecule has 0 unspecified atom stereocenters. The minimum absolute atomic E-state index is 0.166. The van der Waals surface area contributed by atoms with Crippen molar-refractivity contribution in [2.45, 2.75) is 32.8 Å². The lowest BCUT2D eigenvalue weighted by Crippen LogP contribution is -2.42. The molecule has 0 fully saturated rings. The lowest BCUT2D eigenvalue weighted by Gasteiger charge is -2.19. The van der Waals surface area contributed by atoms with Gasteiger partial charge in [0.05, 0.1) is 6.54 Å². The number of alkyl halides is 1. The van der Waals surface area contributed by atoms with Crippen molar-refractivity contribution in [2.24, 2.45) is 0 Å². The number of hydrogen-bond acceptors (Lipinski definition) is 4. The highest BCUT2D eigenvalue weighted by molar-refractivity contribution is 6.18. The summed E-state index contributed by atoms with van der Waals surface area (Å²) in [4.78, 5) is 33.7. The monoisotopic (exact) mass is 307 g/mol. The van der Waals surface area contributed by atoms with Crippen LogP contribution in [0.25, 0.3) is 0 Å². The van der Waals surface area contributed by atoms with Gasteiger partial charge in [-0.15, -0.1) is 11.6 Å². The van der Waals surface area contributed by atoms with Gasteiger partial charge in [-0.2, -0.15) is 0 Å². The summed E-state index contributed by atoms with van der Waals surface area (Å²) in [6.45, 7) is 5.61. The van der Waals surface area contributed by atoms with Gasteiger partial charge in [0.15, 0.2) is 0 Å². The second kappa shape index (κ2) is 9.41. The normalized spacial score (nSPS) is 10.6. The quantitative estimate of drug-likeness (QED) is 0.468. The van der Waals surface area contributed by atoms with Crippen molar-refractivity contribution in [3.8, 4) is 0 Å². The zero-order chi connectivity index (χ0) is 15.6. The molecule has 0 rings (SSSR count). The van der Waals surface area contributed by atoms with Gasteiger partial charge in [0, 0.05) is 25.4 Å². The smallest absolute Gasteiger partial charge is 0.408 e. The number of carbonyl (C=O) groups is 3. The van der Waals surface area contributed by atoms with Crippen molar-refractivity contribution in [3.05, 3.63) is 0 Å². The van der Waals surface area contributed by atoms with E-state index < -0.39 is 11.7 Å². The fraction of sp³-hybridized carbons (Fsp3) is 0.750. The van der Waals surface area contributed by atoms with Gasteiger partial charge in [0.25, 0.3) is 0 Å². The first-order valence-electron chi connectivity index (χ1n) is 6.31. The number of ether oxygens (including phenoxy) is 1. The third-order valence-electron chi connectivity index (χ3n) is 1.88. The van der Waals surface area contributed by atoms with Crippen LogP contribution in [0.5, 0.6) is 0 Å². The topological polar surface area (TPSA) is 96.5 Å². The molecule has 0 aromatic rings. The van der Waals surface area contributed by atoms with Crippen LogP contribution in [0.15, 0.2) is 0 Å². The molecule has 3 N–H and O–H groups in total. The summed E-state index contributed by atoms with van der Waals surface area (Å²) in [6, 6.07) is 0. The third kappa shape index (κ3) is 11.6. The van der Waals surface area contributed by atoms with Crippen molar-refractivity contribution in [3.63, 3.8) is 0 Å². The van der Waals surface area contributed by atoms with Gasteiger partial charge in [-0.25, -0.2) is 4.79 Å². The van der Waals surface area contributed by atoms with Gasteiger partial charge in [-0.05, 0) is 20.8 Å². The summed E-state index contributed by atoms with van der Waals surface area (Å²) in [5.74, 6) is -0.263. The fourth-order valence-corrected chi connectivity index (χ4v) is 1.28. The zero-order valence-electron chi connectivity index (χ0n) is 12.0. The minimum atomic E-state index is -0.650. The average Bonchev–Trinajstić information content (AvgIpc) is 2.30. The molecule has 116 valence electrons. The van der Waals surface area contributed by atoms with Gasteiger partial charge in [0.2, 0.25) is 11.8 Å². The Labute approximate surface area is 123 Å². The van der Waals surface area contributed by atoms with Gasteiger partial charge in [0.1, 0.15) is 5.60 Å². The van der Waals surface area contributed by atoms with E-state index in [1.54, 1.807) is 20.8 Å². The van der Waals surface area contributed by atoms with E-state index >= 15 is 0 Å². The Kier molecular flexibility index (Phi) is 8.71. The Hall–Kier alpha value is -1.50. The first-order valence-corrected chi connectivity index (χ1v) is 6.84. The van der Waals surface area contributed by atoms with Gasteiger partial charge >= 0.3 is 6.09 Å². The van der Waals surface area contributed by atoms with Crippen LogP contribution in [-0.4, -0.2) is 49.0 Å². The van der Waals surface area contributed by atoms with Crippen LogP contribution < -0.4 is 16.0 Å². The van der Waals surface area contributed by atoms with E-state index in [2.05, 4.69) is 16.0 Å². The second-order valence-corrected chi connectivity index (χ2v) is 5.37. The summed E-state index contributed by atoms with van der Waals surface area (Å²) in [7, 11) is 0. The molecule has 0 aliphatic carbocycles. The molecule has 20 heavy (non-hydrogen) atoms. The van der Waals surface area contributed by atoms with E-state index in [1.165, 1.54) is 0 Å². The number of carbonyl (C=O) groups excluding carboxylic acids is 3. The summed E-state index contributed by atoms with van der Waals surface area (Å²) in [5.41, 5.74) is -0.604. The van der Waals surface area contributed by atoms with Crippen LogP contribution in [0.1, 0.15) is 27.2 Å². The van der Waals surface area contributed by atoms with Crippen molar-refractivity contribution in [1.82, 2.24) is 16.0 Å². The molecular formula is C12H22ClN3O4. The molecule has 0 heterocycles. The Bertz CT molecular complexity index is 342. The molecule has 0 aromatic heterocycles. The molecule has 0 saturated carbocycles. The standard InChI is InChI=1S/C12H22ClN3O4/c1-12(2,3)20-11(19)16-8-10(18)15-7-6-14-9(17)4-5-13/h4-8H2,1-3H3,(H,14,17)(H,15,18)(H,16,19). The summed E-state index contributed by atoms with van der Waals surface area (Å²) < 4.78 is 4.97. The molecule has 0 bridgehead atoms. The molecule has 0 aliphatic rings. The van der Waals surface area contributed by atoms with Crippen LogP contribution >= 0.6 is 11.6 Å². The number of nitrogens with one attached hydrogen (secondary N) is 3. The van der Waals surface area contributed by atoms with Gasteiger partial charge in [-0.1, -0.05) is 0 Å². The van der Waals surface area contributed by atoms with E-state index in [-0.39, 0.29) is 37.2 Å². The Morgan fingerprint density at radius 2 is 1.55 bits per heavy atom. The molecule has 8 heteroatoms. The molecular weight excluding hydrogens is 286 g/mol. The molecule has 7 nitrogen and oxygen atoms in total. The minimum Gasteiger partial charge on any atom is -0.444 e. The maximum absolute atomic E-state index is 11.4. The fourth-order valence-electron chi connectivity index (χ4n) is 1.11. The number of alkyl carbamates (subject to hydrolysis) is 1. The maximum atomic E-state index is 11.4. The zero-order valence-corrected chi connectivity index (χ0v) is 12.8.